The summed E-state index contributed by atoms with van der Waals surface area (Å²) in [6.45, 7) is 2.24. The summed E-state index contributed by atoms with van der Waals surface area (Å²) in [5.74, 6) is -0.304. The van der Waals surface area contributed by atoms with E-state index in [0.717, 1.165) is 5.39 Å². The van der Waals surface area contributed by atoms with Gasteiger partial charge in [-0.1, -0.05) is 25.1 Å². The zero-order valence-electron chi connectivity index (χ0n) is 14.7. The lowest BCUT2D eigenvalue weighted by Crippen LogP contribution is -2.40. The molecule has 1 amide bonds. The summed E-state index contributed by atoms with van der Waals surface area (Å²) in [6.07, 6.45) is 5.69. The van der Waals surface area contributed by atoms with Crippen LogP contribution in [-0.2, 0) is 6.54 Å². The van der Waals surface area contributed by atoms with Crippen molar-refractivity contribution in [2.24, 2.45) is 0 Å². The quantitative estimate of drug-likeness (QED) is 0.582. The Bertz CT molecular complexity index is 1150. The smallest absolute Gasteiger partial charge is 0.274 e. The monoisotopic (exact) mass is 362 g/mol. The summed E-state index contributed by atoms with van der Waals surface area (Å²) in [5, 5.41) is 12.8. The number of nitrogens with zero attached hydrogens (tertiary/aromatic N) is 5. The third-order valence-electron chi connectivity index (χ3n) is 4.45. The minimum Gasteiger partial charge on any atom is -0.346 e. The molecule has 0 fully saturated rings. The van der Waals surface area contributed by atoms with E-state index < -0.39 is 0 Å². The summed E-state index contributed by atoms with van der Waals surface area (Å²) >= 11 is 0. The van der Waals surface area contributed by atoms with Gasteiger partial charge in [0.25, 0.3) is 11.5 Å². The maximum Gasteiger partial charge on any atom is 0.274 e. The first-order valence-electron chi connectivity index (χ1n) is 8.72. The van der Waals surface area contributed by atoms with Crippen LogP contribution in [0.4, 0.5) is 0 Å². The van der Waals surface area contributed by atoms with Crippen molar-refractivity contribution >= 4 is 22.3 Å². The molecule has 1 N–H and O–H groups in total. The minimum absolute atomic E-state index is 0.169. The molecule has 27 heavy (non-hydrogen) atoms. The van der Waals surface area contributed by atoms with Gasteiger partial charge >= 0.3 is 0 Å². The Morgan fingerprint density at radius 1 is 1.26 bits per heavy atom. The van der Waals surface area contributed by atoms with Gasteiger partial charge in [-0.15, -0.1) is 0 Å². The van der Waals surface area contributed by atoms with Crippen LogP contribution in [0.15, 0.2) is 59.8 Å². The van der Waals surface area contributed by atoms with Crippen molar-refractivity contribution in [1.82, 2.24) is 29.7 Å². The zero-order valence-corrected chi connectivity index (χ0v) is 14.7. The molecule has 0 aliphatic carbocycles. The lowest BCUT2D eigenvalue weighted by molar-refractivity contribution is 0.0925. The first-order valence-corrected chi connectivity index (χ1v) is 8.72. The van der Waals surface area contributed by atoms with E-state index in [-0.39, 0.29) is 29.7 Å². The number of carbonyl (C=O) groups excluding carboxylic acids is 1. The first kappa shape index (κ1) is 16.9. The molecule has 0 aliphatic heterocycles. The third-order valence-corrected chi connectivity index (χ3v) is 4.45. The van der Waals surface area contributed by atoms with Gasteiger partial charge in [-0.25, -0.2) is 14.2 Å². The summed E-state index contributed by atoms with van der Waals surface area (Å²) in [5.41, 5.74) is 0.715. The first-order chi connectivity index (χ1) is 13.2. The summed E-state index contributed by atoms with van der Waals surface area (Å²) in [4.78, 5) is 29.3. The largest absolute Gasteiger partial charge is 0.346 e. The Labute approximate surface area is 154 Å². The summed E-state index contributed by atoms with van der Waals surface area (Å²) in [6, 6.07) is 10.4. The van der Waals surface area contributed by atoms with Gasteiger partial charge in [0.2, 0.25) is 0 Å². The minimum atomic E-state index is -0.304. The molecule has 4 aromatic rings. The molecule has 0 spiro atoms. The average molecular weight is 362 g/mol. The lowest BCUT2D eigenvalue weighted by Gasteiger charge is -2.17. The normalized spacial score (nSPS) is 12.3. The number of hydrogen-bond acceptors (Lipinski definition) is 5. The number of benzene rings is 1. The molecular formula is C19H18N6O2. The van der Waals surface area contributed by atoms with E-state index in [1.54, 1.807) is 41.3 Å². The highest BCUT2D eigenvalue weighted by Gasteiger charge is 2.17. The van der Waals surface area contributed by atoms with Crippen molar-refractivity contribution in [2.45, 2.75) is 25.9 Å². The SMILES string of the molecule is CC[C@H](Cn1ncc2ccccc2c1=O)NC(=O)c1cc2ncccn2n1. The average Bonchev–Trinajstić information content (AvgIpc) is 3.14. The Balaban J connectivity index is 1.55. The predicted molar refractivity (Wildman–Crippen MR) is 101 cm³/mol. The molecule has 136 valence electrons. The zero-order chi connectivity index (χ0) is 18.8. The number of nitrogens with one attached hydrogen (secondary N) is 1. The van der Waals surface area contributed by atoms with Gasteiger partial charge < -0.3 is 5.32 Å². The molecule has 3 aromatic heterocycles. The molecule has 8 heteroatoms. The van der Waals surface area contributed by atoms with Gasteiger partial charge in [-0.05, 0) is 18.6 Å². The number of fused-ring (bicyclic) bond motifs is 2. The molecule has 0 saturated heterocycles. The van der Waals surface area contributed by atoms with E-state index in [1.807, 2.05) is 25.1 Å². The lowest BCUT2D eigenvalue weighted by atomic mass is 10.2. The molecule has 0 unspecified atom stereocenters. The van der Waals surface area contributed by atoms with Crippen molar-refractivity contribution in [2.75, 3.05) is 0 Å². The maximum absolute atomic E-state index is 12.6. The second kappa shape index (κ2) is 6.99. The second-order valence-corrected chi connectivity index (χ2v) is 6.25. The van der Waals surface area contributed by atoms with Crippen molar-refractivity contribution in [1.29, 1.82) is 0 Å². The Morgan fingerprint density at radius 2 is 2.11 bits per heavy atom. The van der Waals surface area contributed by atoms with Crippen LogP contribution in [0.25, 0.3) is 16.4 Å². The molecular weight excluding hydrogens is 344 g/mol. The van der Waals surface area contributed by atoms with Crippen LogP contribution in [0.2, 0.25) is 0 Å². The molecule has 0 radical (unpaired) electrons. The molecule has 4 rings (SSSR count). The van der Waals surface area contributed by atoms with E-state index in [0.29, 0.717) is 17.5 Å². The fraction of sp³-hybridized carbons (Fsp3) is 0.211. The molecule has 0 aliphatic rings. The molecule has 3 heterocycles. The van der Waals surface area contributed by atoms with E-state index in [4.69, 9.17) is 0 Å². The summed E-state index contributed by atoms with van der Waals surface area (Å²) in [7, 11) is 0. The van der Waals surface area contributed by atoms with Gasteiger partial charge in [-0.2, -0.15) is 10.2 Å². The van der Waals surface area contributed by atoms with Crippen LogP contribution in [0.3, 0.4) is 0 Å². The molecule has 0 saturated carbocycles. The van der Waals surface area contributed by atoms with E-state index in [9.17, 15) is 9.59 Å². The fourth-order valence-corrected chi connectivity index (χ4v) is 2.94. The number of carbonyl (C=O) groups is 1. The maximum atomic E-state index is 12.6. The number of rotatable bonds is 5. The second-order valence-electron chi connectivity index (χ2n) is 6.25. The third kappa shape index (κ3) is 3.29. The highest BCUT2D eigenvalue weighted by molar-refractivity contribution is 5.93. The van der Waals surface area contributed by atoms with Crippen molar-refractivity contribution in [3.8, 4) is 0 Å². The number of amides is 1. The van der Waals surface area contributed by atoms with Crippen molar-refractivity contribution in [3.05, 3.63) is 71.0 Å². The fourth-order valence-electron chi connectivity index (χ4n) is 2.94. The van der Waals surface area contributed by atoms with Crippen LogP contribution in [0, 0.1) is 0 Å². The van der Waals surface area contributed by atoms with Crippen LogP contribution >= 0.6 is 0 Å². The van der Waals surface area contributed by atoms with Crippen molar-refractivity contribution in [3.63, 3.8) is 0 Å². The van der Waals surface area contributed by atoms with E-state index in [1.165, 1.54) is 4.68 Å². The van der Waals surface area contributed by atoms with Gasteiger partial charge in [0.15, 0.2) is 11.3 Å². The van der Waals surface area contributed by atoms with Crippen LogP contribution in [-0.4, -0.2) is 36.3 Å². The molecule has 8 nitrogen and oxygen atoms in total. The van der Waals surface area contributed by atoms with Crippen LogP contribution < -0.4 is 10.9 Å². The van der Waals surface area contributed by atoms with Gasteiger partial charge in [0.05, 0.1) is 18.1 Å². The van der Waals surface area contributed by atoms with E-state index >= 15 is 0 Å². The standard InChI is InChI=1S/C19H18N6O2/c1-2-14(12-25-19(27)15-7-4-3-6-13(15)11-21-25)22-18(26)16-10-17-20-8-5-9-24(17)23-16/h3-11,14H,2,12H2,1H3,(H,22,26)/t14-/m1/s1. The molecule has 0 bridgehead atoms. The number of aromatic nitrogens is 5. The van der Waals surface area contributed by atoms with E-state index in [2.05, 4.69) is 20.5 Å². The van der Waals surface area contributed by atoms with Gasteiger partial charge in [-0.3, -0.25) is 9.59 Å². The Morgan fingerprint density at radius 3 is 2.93 bits per heavy atom. The molecule has 1 aromatic carbocycles. The van der Waals surface area contributed by atoms with Crippen LogP contribution in [0.1, 0.15) is 23.8 Å². The Hall–Kier alpha value is -3.55. The highest BCUT2D eigenvalue weighted by atomic mass is 16.2. The molecule has 1 atom stereocenters. The van der Waals surface area contributed by atoms with Crippen LogP contribution in [0.5, 0.6) is 0 Å². The Kier molecular flexibility index (Phi) is 4.37. The van der Waals surface area contributed by atoms with Gasteiger partial charge in [0, 0.05) is 29.9 Å². The number of hydrogen-bond donors (Lipinski definition) is 1. The highest BCUT2D eigenvalue weighted by Crippen LogP contribution is 2.08. The topological polar surface area (TPSA) is 94.2 Å². The van der Waals surface area contributed by atoms with Gasteiger partial charge in [0.1, 0.15) is 0 Å². The predicted octanol–water partition coefficient (Wildman–Crippen LogP) is 1.65. The summed E-state index contributed by atoms with van der Waals surface area (Å²) < 4.78 is 2.94. The van der Waals surface area contributed by atoms with Crippen molar-refractivity contribution < 1.29 is 4.79 Å².